The van der Waals surface area contributed by atoms with E-state index in [0.29, 0.717) is 6.54 Å². The van der Waals surface area contributed by atoms with Gasteiger partial charge in [0.25, 0.3) is 0 Å². The van der Waals surface area contributed by atoms with Crippen LogP contribution in [-0.2, 0) is 12.0 Å². The molecular formula is C24H29N5O. The molecule has 0 radical (unpaired) electrons. The number of imidazole rings is 1. The standard InChI is InChI=1S/C24H29N5O/c1-25-23(27-17-24(13-14-24)19-9-11-20(30-3)12-10-19)29(2)16-22-26-15-21(28-22)18-7-5-4-6-8-18/h4-12,15H,13-14,16-17H2,1-3H3,(H,25,27)(H,26,28). The van der Waals surface area contributed by atoms with Crippen molar-refractivity contribution in [2.45, 2.75) is 24.8 Å². The van der Waals surface area contributed by atoms with Crippen molar-refractivity contribution in [3.63, 3.8) is 0 Å². The second-order valence-corrected chi connectivity index (χ2v) is 7.88. The largest absolute Gasteiger partial charge is 0.497 e. The summed E-state index contributed by atoms with van der Waals surface area (Å²) in [4.78, 5) is 14.5. The van der Waals surface area contributed by atoms with E-state index < -0.39 is 0 Å². The summed E-state index contributed by atoms with van der Waals surface area (Å²) in [7, 11) is 5.56. The quantitative estimate of drug-likeness (QED) is 0.465. The van der Waals surface area contributed by atoms with Crippen molar-refractivity contribution in [1.29, 1.82) is 0 Å². The Morgan fingerprint density at radius 3 is 2.53 bits per heavy atom. The fourth-order valence-corrected chi connectivity index (χ4v) is 3.80. The molecule has 0 bridgehead atoms. The van der Waals surface area contributed by atoms with Crippen molar-refractivity contribution < 1.29 is 4.74 Å². The second-order valence-electron chi connectivity index (χ2n) is 7.88. The van der Waals surface area contributed by atoms with Gasteiger partial charge in [0.05, 0.1) is 25.5 Å². The molecule has 3 aromatic rings. The topological polar surface area (TPSA) is 65.5 Å². The lowest BCUT2D eigenvalue weighted by molar-refractivity contribution is 0.414. The van der Waals surface area contributed by atoms with Crippen molar-refractivity contribution >= 4 is 5.96 Å². The van der Waals surface area contributed by atoms with E-state index in [1.807, 2.05) is 50.6 Å². The molecule has 0 atom stereocenters. The van der Waals surface area contributed by atoms with Crippen molar-refractivity contribution in [2.75, 3.05) is 27.7 Å². The van der Waals surface area contributed by atoms with Gasteiger partial charge in [-0.25, -0.2) is 4.98 Å². The van der Waals surface area contributed by atoms with E-state index in [1.165, 1.54) is 18.4 Å². The summed E-state index contributed by atoms with van der Waals surface area (Å²) in [5.41, 5.74) is 3.70. The Morgan fingerprint density at radius 2 is 1.90 bits per heavy atom. The van der Waals surface area contributed by atoms with Crippen LogP contribution in [0.15, 0.2) is 65.8 Å². The number of H-pyrrole nitrogens is 1. The molecule has 6 nitrogen and oxygen atoms in total. The maximum absolute atomic E-state index is 5.29. The molecule has 1 fully saturated rings. The molecule has 6 heteroatoms. The van der Waals surface area contributed by atoms with Gasteiger partial charge in [-0.15, -0.1) is 0 Å². The lowest BCUT2D eigenvalue weighted by Gasteiger charge is -2.24. The monoisotopic (exact) mass is 403 g/mol. The smallest absolute Gasteiger partial charge is 0.193 e. The van der Waals surface area contributed by atoms with E-state index in [-0.39, 0.29) is 5.41 Å². The molecule has 4 rings (SSSR count). The molecule has 0 unspecified atom stereocenters. The van der Waals surface area contributed by atoms with Crippen LogP contribution in [0, 0.1) is 0 Å². The lowest BCUT2D eigenvalue weighted by atomic mass is 9.96. The first-order valence-corrected chi connectivity index (χ1v) is 10.3. The lowest BCUT2D eigenvalue weighted by Crippen LogP contribution is -2.42. The zero-order valence-electron chi connectivity index (χ0n) is 17.9. The number of aromatic nitrogens is 2. The molecule has 1 heterocycles. The number of methoxy groups -OCH3 is 1. The van der Waals surface area contributed by atoms with Gasteiger partial charge < -0.3 is 19.9 Å². The van der Waals surface area contributed by atoms with Crippen LogP contribution in [0.4, 0.5) is 0 Å². The number of hydrogen-bond acceptors (Lipinski definition) is 3. The Hall–Kier alpha value is -3.28. The molecule has 0 spiro atoms. The molecule has 0 aliphatic heterocycles. The van der Waals surface area contributed by atoms with Crippen molar-refractivity contribution in [3.05, 3.63) is 72.2 Å². The zero-order chi connectivity index (χ0) is 21.0. The fourth-order valence-electron chi connectivity index (χ4n) is 3.80. The Bertz CT molecular complexity index is 990. The van der Waals surface area contributed by atoms with E-state index in [9.17, 15) is 0 Å². The van der Waals surface area contributed by atoms with Crippen LogP contribution in [0.3, 0.4) is 0 Å². The minimum atomic E-state index is 0.189. The molecular weight excluding hydrogens is 374 g/mol. The van der Waals surface area contributed by atoms with Crippen molar-refractivity contribution in [2.24, 2.45) is 4.99 Å². The van der Waals surface area contributed by atoms with Gasteiger partial charge in [-0.1, -0.05) is 42.5 Å². The van der Waals surface area contributed by atoms with Crippen LogP contribution in [0.2, 0.25) is 0 Å². The molecule has 0 saturated heterocycles. The highest BCUT2D eigenvalue weighted by Crippen LogP contribution is 2.47. The number of rotatable bonds is 7. The van der Waals surface area contributed by atoms with Crippen LogP contribution in [0.5, 0.6) is 5.75 Å². The van der Waals surface area contributed by atoms with Gasteiger partial charge in [0, 0.05) is 26.1 Å². The summed E-state index contributed by atoms with van der Waals surface area (Å²) in [6.45, 7) is 1.52. The van der Waals surface area contributed by atoms with E-state index in [0.717, 1.165) is 35.3 Å². The minimum absolute atomic E-state index is 0.189. The number of nitrogens with zero attached hydrogens (tertiary/aromatic N) is 3. The van der Waals surface area contributed by atoms with E-state index >= 15 is 0 Å². The first-order valence-electron chi connectivity index (χ1n) is 10.3. The summed E-state index contributed by atoms with van der Waals surface area (Å²) in [5.74, 6) is 2.68. The molecule has 1 aliphatic rings. The maximum Gasteiger partial charge on any atom is 0.193 e. The van der Waals surface area contributed by atoms with Crippen LogP contribution < -0.4 is 10.1 Å². The van der Waals surface area contributed by atoms with Crippen molar-refractivity contribution in [3.8, 4) is 17.0 Å². The molecule has 1 aromatic heterocycles. The van der Waals surface area contributed by atoms with E-state index in [1.54, 1.807) is 7.11 Å². The Balaban J connectivity index is 1.37. The summed E-state index contributed by atoms with van der Waals surface area (Å²) in [5, 5.41) is 3.56. The zero-order valence-corrected chi connectivity index (χ0v) is 17.9. The highest BCUT2D eigenvalue weighted by atomic mass is 16.5. The third kappa shape index (κ3) is 4.32. The van der Waals surface area contributed by atoms with Crippen molar-refractivity contribution in [1.82, 2.24) is 20.2 Å². The molecule has 156 valence electrons. The molecule has 0 amide bonds. The average Bonchev–Trinajstić information content (AvgIpc) is 3.44. The van der Waals surface area contributed by atoms with Gasteiger partial charge in [-0.3, -0.25) is 4.99 Å². The highest BCUT2D eigenvalue weighted by molar-refractivity contribution is 5.79. The first kappa shape index (κ1) is 20.0. The number of ether oxygens (including phenoxy) is 1. The van der Waals surface area contributed by atoms with Gasteiger partial charge in [0.2, 0.25) is 0 Å². The maximum atomic E-state index is 5.29. The number of guanidine groups is 1. The Kier molecular flexibility index (Phi) is 5.74. The average molecular weight is 404 g/mol. The number of aliphatic imine (C=N–C) groups is 1. The molecule has 2 N–H and O–H groups in total. The van der Waals surface area contributed by atoms with Crippen LogP contribution in [0.1, 0.15) is 24.2 Å². The molecule has 30 heavy (non-hydrogen) atoms. The highest BCUT2D eigenvalue weighted by Gasteiger charge is 2.44. The molecule has 1 aliphatic carbocycles. The van der Waals surface area contributed by atoms with E-state index in [4.69, 9.17) is 4.74 Å². The summed E-state index contributed by atoms with van der Waals surface area (Å²) in [6.07, 6.45) is 4.26. The summed E-state index contributed by atoms with van der Waals surface area (Å²) >= 11 is 0. The predicted octanol–water partition coefficient (Wildman–Crippen LogP) is 3.82. The SMILES string of the molecule is CN=C(NCC1(c2ccc(OC)cc2)CC1)N(C)Cc1ncc(-c2ccccc2)[nH]1. The van der Waals surface area contributed by atoms with Crippen LogP contribution in [-0.4, -0.2) is 48.6 Å². The van der Waals surface area contributed by atoms with Gasteiger partial charge in [-0.05, 0) is 36.1 Å². The number of nitrogens with one attached hydrogen (secondary N) is 2. The minimum Gasteiger partial charge on any atom is -0.497 e. The predicted molar refractivity (Wildman–Crippen MR) is 121 cm³/mol. The van der Waals surface area contributed by atoms with Gasteiger partial charge in [0.15, 0.2) is 5.96 Å². The third-order valence-corrected chi connectivity index (χ3v) is 5.81. The number of hydrogen-bond donors (Lipinski definition) is 2. The first-order chi connectivity index (χ1) is 14.6. The normalized spacial score (nSPS) is 15.0. The van der Waals surface area contributed by atoms with Crippen LogP contribution >= 0.6 is 0 Å². The molecule has 2 aromatic carbocycles. The van der Waals surface area contributed by atoms with E-state index in [2.05, 4.69) is 49.4 Å². The number of benzene rings is 2. The summed E-state index contributed by atoms with van der Waals surface area (Å²) in [6, 6.07) is 18.7. The Labute approximate surface area is 178 Å². The van der Waals surface area contributed by atoms with Gasteiger partial charge in [-0.2, -0.15) is 0 Å². The fraction of sp³-hybridized carbons (Fsp3) is 0.333. The van der Waals surface area contributed by atoms with Crippen LogP contribution in [0.25, 0.3) is 11.3 Å². The summed E-state index contributed by atoms with van der Waals surface area (Å²) < 4.78 is 5.29. The molecule has 1 saturated carbocycles. The number of aromatic amines is 1. The second kappa shape index (κ2) is 8.61. The third-order valence-electron chi connectivity index (χ3n) is 5.81. The van der Waals surface area contributed by atoms with Gasteiger partial charge in [0.1, 0.15) is 11.6 Å². The Morgan fingerprint density at radius 1 is 1.17 bits per heavy atom. The van der Waals surface area contributed by atoms with Gasteiger partial charge >= 0.3 is 0 Å².